The van der Waals surface area contributed by atoms with Crippen molar-refractivity contribution in [3.63, 3.8) is 0 Å². The molecular formula is C20H21N5O2. The van der Waals surface area contributed by atoms with Crippen molar-refractivity contribution < 1.29 is 9.52 Å². The van der Waals surface area contributed by atoms with Crippen molar-refractivity contribution in [1.29, 1.82) is 0 Å². The fourth-order valence-corrected chi connectivity index (χ4v) is 4.10. The van der Waals surface area contributed by atoms with Crippen molar-refractivity contribution in [2.75, 3.05) is 24.6 Å². The summed E-state index contributed by atoms with van der Waals surface area (Å²) in [5, 5.41) is 14.6. The predicted molar refractivity (Wildman–Crippen MR) is 103 cm³/mol. The number of furan rings is 1. The Labute approximate surface area is 156 Å². The molecule has 1 aromatic carbocycles. The normalized spacial score (nSPS) is 15.8. The maximum Gasteiger partial charge on any atom is 0.196 e. The summed E-state index contributed by atoms with van der Waals surface area (Å²) < 4.78 is 8.00. The highest BCUT2D eigenvalue weighted by molar-refractivity contribution is 6.05. The number of para-hydroxylation sites is 1. The molecule has 0 radical (unpaired) electrons. The van der Waals surface area contributed by atoms with Crippen LogP contribution in [0.2, 0.25) is 0 Å². The molecular weight excluding hydrogens is 342 g/mol. The third kappa shape index (κ3) is 2.75. The Balaban J connectivity index is 1.42. The number of aromatic nitrogens is 4. The Morgan fingerprint density at radius 2 is 1.96 bits per heavy atom. The van der Waals surface area contributed by atoms with Crippen molar-refractivity contribution in [1.82, 2.24) is 19.7 Å². The van der Waals surface area contributed by atoms with Crippen LogP contribution in [0, 0.1) is 0 Å². The van der Waals surface area contributed by atoms with Crippen LogP contribution in [0.15, 0.2) is 47.3 Å². The zero-order valence-electron chi connectivity index (χ0n) is 15.0. The summed E-state index contributed by atoms with van der Waals surface area (Å²) in [5.41, 5.74) is 3.69. The second-order valence-corrected chi connectivity index (χ2v) is 6.94. The summed E-state index contributed by atoms with van der Waals surface area (Å²) in [6.07, 6.45) is 5.48. The lowest BCUT2D eigenvalue weighted by molar-refractivity contribution is 0.265. The van der Waals surface area contributed by atoms with Gasteiger partial charge in [0, 0.05) is 36.3 Å². The minimum atomic E-state index is 0.110. The van der Waals surface area contributed by atoms with Gasteiger partial charge in [-0.2, -0.15) is 5.10 Å². The number of aliphatic hydroxyl groups is 1. The van der Waals surface area contributed by atoms with Crippen LogP contribution >= 0.6 is 0 Å². The Hall–Kier alpha value is -2.93. The Kier molecular flexibility index (Phi) is 4.01. The molecule has 1 N–H and O–H groups in total. The number of piperidine rings is 1. The molecule has 1 aliphatic heterocycles. The van der Waals surface area contributed by atoms with E-state index >= 15 is 0 Å². The molecule has 7 nitrogen and oxygen atoms in total. The molecule has 5 rings (SSSR count). The van der Waals surface area contributed by atoms with Crippen LogP contribution < -0.4 is 4.90 Å². The average molecular weight is 363 g/mol. The molecule has 0 saturated carbocycles. The van der Waals surface area contributed by atoms with Crippen LogP contribution in [-0.2, 0) is 6.54 Å². The lowest BCUT2D eigenvalue weighted by Crippen LogP contribution is -2.34. The van der Waals surface area contributed by atoms with Gasteiger partial charge in [-0.1, -0.05) is 12.1 Å². The Morgan fingerprint density at radius 1 is 1.11 bits per heavy atom. The zero-order valence-corrected chi connectivity index (χ0v) is 15.0. The number of hydrogen-bond acceptors (Lipinski definition) is 6. The van der Waals surface area contributed by atoms with E-state index in [2.05, 4.69) is 26.0 Å². The molecule has 4 aromatic rings. The number of anilines is 1. The molecule has 0 atom stereocenters. The fourth-order valence-electron chi connectivity index (χ4n) is 4.10. The predicted octanol–water partition coefficient (Wildman–Crippen LogP) is 2.95. The van der Waals surface area contributed by atoms with Crippen molar-refractivity contribution in [3.05, 3.63) is 48.5 Å². The first-order valence-corrected chi connectivity index (χ1v) is 9.35. The smallest absolute Gasteiger partial charge is 0.196 e. The molecule has 1 aliphatic rings. The molecule has 7 heteroatoms. The maximum atomic E-state index is 9.22. The first-order valence-electron chi connectivity index (χ1n) is 9.35. The highest BCUT2D eigenvalue weighted by atomic mass is 16.3. The fraction of sp³-hybridized carbons (Fsp3) is 0.350. The summed E-state index contributed by atoms with van der Waals surface area (Å²) in [6.45, 7) is 2.46. The van der Waals surface area contributed by atoms with E-state index in [4.69, 9.17) is 4.42 Å². The Morgan fingerprint density at radius 3 is 2.81 bits per heavy atom. The lowest BCUT2D eigenvalue weighted by Gasteiger charge is -2.32. The summed E-state index contributed by atoms with van der Waals surface area (Å²) in [4.78, 5) is 11.3. The van der Waals surface area contributed by atoms with Crippen molar-refractivity contribution >= 4 is 27.9 Å². The summed E-state index contributed by atoms with van der Waals surface area (Å²) in [7, 11) is 0. The number of rotatable bonds is 4. The van der Waals surface area contributed by atoms with Gasteiger partial charge in [0.1, 0.15) is 17.4 Å². The van der Waals surface area contributed by atoms with E-state index in [0.29, 0.717) is 12.5 Å². The molecule has 138 valence electrons. The van der Waals surface area contributed by atoms with Crippen LogP contribution in [-0.4, -0.2) is 44.6 Å². The van der Waals surface area contributed by atoms with Gasteiger partial charge in [-0.3, -0.25) is 4.68 Å². The second kappa shape index (κ2) is 6.66. The molecule has 27 heavy (non-hydrogen) atoms. The summed E-state index contributed by atoms with van der Waals surface area (Å²) >= 11 is 0. The van der Waals surface area contributed by atoms with Gasteiger partial charge in [-0.05, 0) is 31.0 Å². The van der Waals surface area contributed by atoms with Gasteiger partial charge in [0.15, 0.2) is 11.4 Å². The monoisotopic (exact) mass is 363 g/mol. The van der Waals surface area contributed by atoms with E-state index in [1.54, 1.807) is 6.33 Å². The van der Waals surface area contributed by atoms with E-state index in [9.17, 15) is 5.11 Å². The number of fused-ring (bicyclic) bond motifs is 3. The van der Waals surface area contributed by atoms with Gasteiger partial charge in [0.05, 0.1) is 13.2 Å². The molecule has 4 heterocycles. The van der Waals surface area contributed by atoms with Crippen LogP contribution in [0.25, 0.3) is 22.1 Å². The molecule has 3 aromatic heterocycles. The molecule has 0 amide bonds. The van der Waals surface area contributed by atoms with Crippen LogP contribution in [0.1, 0.15) is 24.5 Å². The highest BCUT2D eigenvalue weighted by Crippen LogP contribution is 2.35. The van der Waals surface area contributed by atoms with Crippen molar-refractivity contribution in [2.24, 2.45) is 0 Å². The molecule has 1 fully saturated rings. The average Bonchev–Trinajstić information content (AvgIpc) is 3.33. The van der Waals surface area contributed by atoms with E-state index in [1.165, 1.54) is 5.69 Å². The lowest BCUT2D eigenvalue weighted by atomic mass is 9.93. The topological polar surface area (TPSA) is 80.2 Å². The third-order valence-corrected chi connectivity index (χ3v) is 5.41. The van der Waals surface area contributed by atoms with Gasteiger partial charge in [0.2, 0.25) is 0 Å². The van der Waals surface area contributed by atoms with E-state index < -0.39 is 0 Å². The first kappa shape index (κ1) is 16.3. The zero-order chi connectivity index (χ0) is 18.2. The molecule has 0 bridgehead atoms. The first-order chi connectivity index (χ1) is 13.3. The van der Waals surface area contributed by atoms with Crippen molar-refractivity contribution in [2.45, 2.75) is 25.3 Å². The standard InChI is InChI=1S/C20H21N5O2/c26-12-11-25-16(5-8-23-25)14-6-9-24(10-7-14)20-19-18(21-13-22-20)15-3-1-2-4-17(15)27-19/h1-5,8,13-14,26H,6-7,9-12H2. The SMILES string of the molecule is OCCn1nccc1C1CCN(c2ncnc3c2oc2ccccc23)CC1. The van der Waals surface area contributed by atoms with Crippen LogP contribution in [0.4, 0.5) is 5.82 Å². The van der Waals surface area contributed by atoms with Gasteiger partial charge in [-0.15, -0.1) is 0 Å². The highest BCUT2D eigenvalue weighted by Gasteiger charge is 2.26. The number of nitrogens with zero attached hydrogens (tertiary/aromatic N) is 5. The van der Waals surface area contributed by atoms with E-state index in [-0.39, 0.29) is 6.61 Å². The van der Waals surface area contributed by atoms with Gasteiger partial charge < -0.3 is 14.4 Å². The van der Waals surface area contributed by atoms with E-state index in [1.807, 2.05) is 35.1 Å². The van der Waals surface area contributed by atoms with Crippen LogP contribution in [0.5, 0.6) is 0 Å². The minimum absolute atomic E-state index is 0.110. The summed E-state index contributed by atoms with van der Waals surface area (Å²) in [6, 6.07) is 10.0. The number of hydrogen-bond donors (Lipinski definition) is 1. The maximum absolute atomic E-state index is 9.22. The van der Waals surface area contributed by atoms with Crippen LogP contribution in [0.3, 0.4) is 0 Å². The van der Waals surface area contributed by atoms with Gasteiger partial charge in [-0.25, -0.2) is 9.97 Å². The van der Waals surface area contributed by atoms with Gasteiger partial charge in [0.25, 0.3) is 0 Å². The number of aliphatic hydroxyl groups excluding tert-OH is 1. The van der Waals surface area contributed by atoms with Gasteiger partial charge >= 0.3 is 0 Å². The largest absolute Gasteiger partial charge is 0.450 e. The van der Waals surface area contributed by atoms with Crippen molar-refractivity contribution in [3.8, 4) is 0 Å². The second-order valence-electron chi connectivity index (χ2n) is 6.94. The molecule has 0 spiro atoms. The Bertz CT molecular complexity index is 1080. The minimum Gasteiger partial charge on any atom is -0.450 e. The summed E-state index contributed by atoms with van der Waals surface area (Å²) in [5.74, 6) is 1.32. The third-order valence-electron chi connectivity index (χ3n) is 5.41. The molecule has 0 aliphatic carbocycles. The molecule has 1 saturated heterocycles. The quantitative estimate of drug-likeness (QED) is 0.600. The number of benzene rings is 1. The molecule has 0 unspecified atom stereocenters. The van der Waals surface area contributed by atoms with E-state index in [0.717, 1.165) is 53.8 Å².